The topological polar surface area (TPSA) is 90.7 Å². The lowest BCUT2D eigenvalue weighted by Crippen LogP contribution is -2.08. The molecule has 0 fully saturated rings. The molecule has 2 aromatic heterocycles. The number of pyridine rings is 1. The van der Waals surface area contributed by atoms with E-state index in [1.165, 1.54) is 0 Å². The van der Waals surface area contributed by atoms with E-state index >= 15 is 0 Å². The average Bonchev–Trinajstić information content (AvgIpc) is 3.13. The number of benzene rings is 2. The van der Waals surface area contributed by atoms with Crippen LogP contribution in [0.1, 0.15) is 41.4 Å². The number of esters is 1. The summed E-state index contributed by atoms with van der Waals surface area (Å²) in [5.41, 5.74) is 4.79. The molecule has 1 N–H and O–H groups in total. The van der Waals surface area contributed by atoms with Gasteiger partial charge in [-0.3, -0.25) is 9.78 Å². The zero-order valence-corrected chi connectivity index (χ0v) is 20.9. The molecule has 0 spiro atoms. The Kier molecular flexibility index (Phi) is 7.90. The number of carboxylic acids is 1. The lowest BCUT2D eigenvalue weighted by atomic mass is 10.0. The van der Waals surface area contributed by atoms with Crippen LogP contribution in [0.25, 0.3) is 22.0 Å². The quantitative estimate of drug-likeness (QED) is 0.205. The van der Waals surface area contributed by atoms with E-state index in [-0.39, 0.29) is 19.6 Å². The first-order valence-electron chi connectivity index (χ1n) is 11.7. The monoisotopic (exact) mass is 506 g/mol. The number of hydrogen-bond donors (Lipinski definition) is 1. The Bertz CT molecular complexity index is 1380. The Morgan fingerprint density at radius 2 is 1.92 bits per heavy atom. The number of carbonyl (C=O) groups is 2. The zero-order chi connectivity index (χ0) is 25.7. The van der Waals surface area contributed by atoms with Crippen LogP contribution in [-0.4, -0.2) is 39.8 Å². The summed E-state index contributed by atoms with van der Waals surface area (Å²) in [5.74, 6) is -0.725. The third kappa shape index (κ3) is 5.52. The number of nitrogens with zero attached hydrogens (tertiary/aromatic N) is 2. The number of hydrogen-bond acceptors (Lipinski definition) is 5. The first kappa shape index (κ1) is 25.3. The smallest absolute Gasteiger partial charge is 0.340 e. The predicted molar refractivity (Wildman–Crippen MR) is 139 cm³/mol. The van der Waals surface area contributed by atoms with Crippen LogP contribution < -0.4 is 4.74 Å². The summed E-state index contributed by atoms with van der Waals surface area (Å²) >= 11 is 6.08. The highest BCUT2D eigenvalue weighted by Gasteiger charge is 2.24. The maximum atomic E-state index is 13.0. The molecule has 2 aromatic carbocycles. The molecule has 36 heavy (non-hydrogen) atoms. The van der Waals surface area contributed by atoms with Crippen molar-refractivity contribution in [3.8, 4) is 16.9 Å². The zero-order valence-electron chi connectivity index (χ0n) is 20.2. The molecule has 2 heterocycles. The predicted octanol–water partition coefficient (Wildman–Crippen LogP) is 6.13. The summed E-state index contributed by atoms with van der Waals surface area (Å²) in [4.78, 5) is 28.2. The second kappa shape index (κ2) is 11.3. The standard InChI is InChI=1S/C28H27ClN2O5/c1-3-35-28(34)27-18(2)31(17-19-8-10-21(29)11-9-19)24-14-22(20-6-4-12-30-16-20)25(15-23(24)27)36-13-5-7-26(32)33/h4,6,8-12,14-16H,3,5,7,13,17H2,1-2H3,(H,32,33). The summed E-state index contributed by atoms with van der Waals surface area (Å²) in [6, 6.07) is 15.2. The van der Waals surface area contributed by atoms with Crippen LogP contribution in [0, 0.1) is 6.92 Å². The fourth-order valence-electron chi connectivity index (χ4n) is 4.21. The number of ether oxygens (including phenoxy) is 2. The van der Waals surface area contributed by atoms with Crippen molar-refractivity contribution in [2.75, 3.05) is 13.2 Å². The van der Waals surface area contributed by atoms with E-state index in [4.69, 9.17) is 26.2 Å². The van der Waals surface area contributed by atoms with Gasteiger partial charge in [0.05, 0.1) is 24.3 Å². The molecular weight excluding hydrogens is 480 g/mol. The highest BCUT2D eigenvalue weighted by Crippen LogP contribution is 2.38. The van der Waals surface area contributed by atoms with Crippen LogP contribution in [0.2, 0.25) is 5.02 Å². The summed E-state index contributed by atoms with van der Waals surface area (Å²) in [6.07, 6.45) is 3.81. The highest BCUT2D eigenvalue weighted by atomic mass is 35.5. The lowest BCUT2D eigenvalue weighted by molar-refractivity contribution is -0.137. The molecule has 0 aliphatic carbocycles. The molecule has 0 aliphatic rings. The van der Waals surface area contributed by atoms with Crippen LogP contribution in [-0.2, 0) is 16.1 Å². The van der Waals surface area contributed by atoms with Gasteiger partial charge < -0.3 is 19.1 Å². The molecule has 0 bridgehead atoms. The summed E-state index contributed by atoms with van der Waals surface area (Å²) in [5, 5.41) is 10.3. The van der Waals surface area contributed by atoms with Crippen molar-refractivity contribution in [2.24, 2.45) is 0 Å². The largest absolute Gasteiger partial charge is 0.493 e. The van der Waals surface area contributed by atoms with E-state index in [1.54, 1.807) is 19.3 Å². The van der Waals surface area contributed by atoms with Crippen molar-refractivity contribution in [3.05, 3.63) is 82.8 Å². The molecule has 7 nitrogen and oxygen atoms in total. The maximum Gasteiger partial charge on any atom is 0.340 e. The summed E-state index contributed by atoms with van der Waals surface area (Å²) in [6.45, 7) is 4.69. The van der Waals surface area contributed by atoms with E-state index in [9.17, 15) is 9.59 Å². The second-order valence-corrected chi connectivity index (χ2v) is 8.78. The Labute approximate surface area is 214 Å². The van der Waals surface area contributed by atoms with E-state index in [0.29, 0.717) is 34.7 Å². The summed E-state index contributed by atoms with van der Waals surface area (Å²) in [7, 11) is 0. The highest BCUT2D eigenvalue weighted by molar-refractivity contribution is 6.30. The Balaban J connectivity index is 1.88. The number of halogens is 1. The summed E-state index contributed by atoms with van der Waals surface area (Å²) < 4.78 is 13.5. The minimum atomic E-state index is -0.874. The first-order chi connectivity index (χ1) is 17.4. The van der Waals surface area contributed by atoms with Crippen LogP contribution in [0.5, 0.6) is 5.75 Å². The fraction of sp³-hybridized carbons (Fsp3) is 0.250. The number of aromatic nitrogens is 2. The maximum absolute atomic E-state index is 13.0. The van der Waals surface area contributed by atoms with Crippen molar-refractivity contribution < 1.29 is 24.2 Å². The Morgan fingerprint density at radius 3 is 2.58 bits per heavy atom. The van der Waals surface area contributed by atoms with Crippen LogP contribution in [0.3, 0.4) is 0 Å². The van der Waals surface area contributed by atoms with E-state index < -0.39 is 11.9 Å². The molecule has 0 unspecified atom stereocenters. The second-order valence-electron chi connectivity index (χ2n) is 8.35. The number of rotatable bonds is 10. The van der Waals surface area contributed by atoms with Gasteiger partial charge in [-0.2, -0.15) is 0 Å². The van der Waals surface area contributed by atoms with Gasteiger partial charge >= 0.3 is 11.9 Å². The molecule has 4 rings (SSSR count). The van der Waals surface area contributed by atoms with Gasteiger partial charge in [0.15, 0.2) is 0 Å². The molecule has 0 aliphatic heterocycles. The minimum Gasteiger partial charge on any atom is -0.493 e. The molecule has 4 aromatic rings. The molecule has 0 radical (unpaired) electrons. The van der Waals surface area contributed by atoms with Gasteiger partial charge in [-0.15, -0.1) is 0 Å². The number of carbonyl (C=O) groups excluding carboxylic acids is 1. The van der Waals surface area contributed by atoms with Crippen LogP contribution >= 0.6 is 11.6 Å². The fourth-order valence-corrected chi connectivity index (χ4v) is 4.34. The number of fused-ring (bicyclic) bond motifs is 1. The third-order valence-electron chi connectivity index (χ3n) is 5.92. The minimum absolute atomic E-state index is 0.00905. The van der Waals surface area contributed by atoms with Gasteiger partial charge in [0, 0.05) is 52.6 Å². The van der Waals surface area contributed by atoms with Crippen molar-refractivity contribution in [1.82, 2.24) is 9.55 Å². The SMILES string of the molecule is CCOC(=O)c1c(C)n(Cc2ccc(Cl)cc2)c2cc(-c3cccnc3)c(OCCCC(=O)O)cc12. The average molecular weight is 507 g/mol. The van der Waals surface area contributed by atoms with E-state index in [1.807, 2.05) is 55.5 Å². The van der Waals surface area contributed by atoms with Gasteiger partial charge in [-0.25, -0.2) is 4.79 Å². The number of carboxylic acid groups (broad SMARTS) is 1. The Morgan fingerprint density at radius 1 is 1.14 bits per heavy atom. The van der Waals surface area contributed by atoms with Crippen molar-refractivity contribution in [1.29, 1.82) is 0 Å². The molecular formula is C28H27ClN2O5. The van der Waals surface area contributed by atoms with Gasteiger partial charge in [0.2, 0.25) is 0 Å². The van der Waals surface area contributed by atoms with Crippen molar-refractivity contribution >= 4 is 34.4 Å². The molecule has 0 amide bonds. The molecule has 0 atom stereocenters. The molecule has 186 valence electrons. The van der Waals surface area contributed by atoms with Crippen molar-refractivity contribution in [2.45, 2.75) is 33.2 Å². The van der Waals surface area contributed by atoms with E-state index in [0.717, 1.165) is 27.9 Å². The van der Waals surface area contributed by atoms with Crippen molar-refractivity contribution in [3.63, 3.8) is 0 Å². The molecule has 0 saturated heterocycles. The first-order valence-corrected chi connectivity index (χ1v) is 12.1. The molecule has 0 saturated carbocycles. The normalized spacial score (nSPS) is 11.0. The van der Waals surface area contributed by atoms with Crippen LogP contribution in [0.15, 0.2) is 60.9 Å². The third-order valence-corrected chi connectivity index (χ3v) is 6.18. The molecule has 8 heteroatoms. The van der Waals surface area contributed by atoms with Gasteiger partial charge in [0.25, 0.3) is 0 Å². The van der Waals surface area contributed by atoms with Crippen LogP contribution in [0.4, 0.5) is 0 Å². The Hall–Kier alpha value is -3.84. The van der Waals surface area contributed by atoms with Gasteiger partial charge in [0.1, 0.15) is 5.75 Å². The van der Waals surface area contributed by atoms with Gasteiger partial charge in [-0.05, 0) is 56.2 Å². The number of aliphatic carboxylic acids is 1. The lowest BCUT2D eigenvalue weighted by Gasteiger charge is -2.14. The van der Waals surface area contributed by atoms with Gasteiger partial charge in [-0.1, -0.05) is 29.8 Å². The van der Waals surface area contributed by atoms with E-state index in [2.05, 4.69) is 9.55 Å².